The van der Waals surface area contributed by atoms with Gasteiger partial charge in [0, 0.05) is 24.1 Å². The van der Waals surface area contributed by atoms with Gasteiger partial charge in [0.25, 0.3) is 0 Å². The van der Waals surface area contributed by atoms with Crippen molar-refractivity contribution >= 4 is 30.4 Å². The van der Waals surface area contributed by atoms with Crippen LogP contribution in [0.1, 0.15) is 12.6 Å². The van der Waals surface area contributed by atoms with Crippen LogP contribution >= 0.6 is 12.6 Å². The van der Waals surface area contributed by atoms with Crippen molar-refractivity contribution in [3.05, 3.63) is 18.2 Å². The highest BCUT2D eigenvalue weighted by atomic mass is 32.1. The number of carbonyl (C=O) groups is 3. The minimum Gasteiger partial charge on any atom is -0.480 e. The fourth-order valence-corrected chi connectivity index (χ4v) is 2.09. The predicted molar refractivity (Wildman–Crippen MR) is 87.3 cm³/mol. The number of thiol groups is 1. The fraction of sp³-hybridized carbons (Fsp3) is 0.538. The number of hydrogen-bond acceptors (Lipinski definition) is 7. The summed E-state index contributed by atoms with van der Waals surface area (Å²) in [6, 6.07) is -3.55. The molecule has 0 aliphatic carbocycles. The third-order valence-electron chi connectivity index (χ3n) is 3.19. The van der Waals surface area contributed by atoms with Crippen LogP contribution in [0, 0.1) is 0 Å². The smallest absolute Gasteiger partial charge is 0.327 e. The Morgan fingerprint density at radius 2 is 2.04 bits per heavy atom. The first kappa shape index (κ1) is 19.9. The lowest BCUT2D eigenvalue weighted by atomic mass is 10.1. The molecule has 0 saturated heterocycles. The lowest BCUT2D eigenvalue weighted by molar-refractivity contribution is -0.142. The number of nitrogens with zero attached hydrogens (tertiary/aromatic N) is 1. The highest BCUT2D eigenvalue weighted by molar-refractivity contribution is 7.80. The van der Waals surface area contributed by atoms with Gasteiger partial charge in [-0.05, 0) is 6.92 Å². The van der Waals surface area contributed by atoms with Gasteiger partial charge in [-0.1, -0.05) is 0 Å². The van der Waals surface area contributed by atoms with Crippen LogP contribution in [0.15, 0.2) is 12.5 Å². The van der Waals surface area contributed by atoms with Crippen molar-refractivity contribution in [2.24, 2.45) is 5.73 Å². The van der Waals surface area contributed by atoms with E-state index in [1.807, 2.05) is 0 Å². The van der Waals surface area contributed by atoms with Gasteiger partial charge in [-0.2, -0.15) is 12.6 Å². The first-order valence-corrected chi connectivity index (χ1v) is 7.74. The molecule has 0 bridgehead atoms. The van der Waals surface area contributed by atoms with Gasteiger partial charge in [0.1, 0.15) is 12.1 Å². The maximum absolute atomic E-state index is 12.1. The number of aromatic nitrogens is 2. The van der Waals surface area contributed by atoms with Crippen LogP contribution in [0.5, 0.6) is 0 Å². The number of carbonyl (C=O) groups excluding carboxylic acids is 2. The summed E-state index contributed by atoms with van der Waals surface area (Å²) in [7, 11) is 0. The van der Waals surface area contributed by atoms with E-state index in [-0.39, 0.29) is 12.2 Å². The lowest BCUT2D eigenvalue weighted by Gasteiger charge is -2.24. The van der Waals surface area contributed by atoms with Gasteiger partial charge in [0.15, 0.2) is 0 Å². The summed E-state index contributed by atoms with van der Waals surface area (Å²) in [4.78, 5) is 41.7. The predicted octanol–water partition coefficient (Wildman–Crippen LogP) is -2.36. The Balaban J connectivity index is 2.68. The Labute approximate surface area is 143 Å². The summed E-state index contributed by atoms with van der Waals surface area (Å²) in [5.74, 6) is -2.91. The number of aliphatic hydroxyl groups is 1. The van der Waals surface area contributed by atoms with Crippen molar-refractivity contribution in [2.45, 2.75) is 37.6 Å². The Hall–Kier alpha value is -2.11. The number of rotatable bonds is 9. The first-order chi connectivity index (χ1) is 11.3. The fourth-order valence-electron chi connectivity index (χ4n) is 1.84. The molecule has 1 heterocycles. The third-order valence-corrected chi connectivity index (χ3v) is 3.56. The van der Waals surface area contributed by atoms with Crippen LogP contribution in [0.25, 0.3) is 0 Å². The van der Waals surface area contributed by atoms with Gasteiger partial charge in [-0.15, -0.1) is 0 Å². The van der Waals surface area contributed by atoms with Gasteiger partial charge < -0.3 is 31.6 Å². The molecule has 10 nitrogen and oxygen atoms in total. The van der Waals surface area contributed by atoms with Gasteiger partial charge in [-0.25, -0.2) is 9.78 Å². The van der Waals surface area contributed by atoms with Crippen molar-refractivity contribution in [2.75, 3.05) is 5.75 Å². The number of carboxylic acids is 1. The standard InChI is InChI=1S/C13H21N5O5S/c1-6(19)10(12(21)17-9(4-24)13(22)23)18-11(20)8(14)2-7-3-15-5-16-7/h3,5-6,8-10,19,24H,2,4,14H2,1H3,(H,15,16)(H,17,21)(H,18,20)(H,22,23)/t6-,8+,9+,10+/m1/s1. The van der Waals surface area contributed by atoms with E-state index in [1.165, 1.54) is 19.4 Å². The quantitative estimate of drug-likeness (QED) is 0.242. The van der Waals surface area contributed by atoms with E-state index in [0.717, 1.165) is 0 Å². The molecular formula is C13H21N5O5S. The molecule has 0 aliphatic heterocycles. The molecule has 0 fully saturated rings. The number of carboxylic acid groups (broad SMARTS) is 1. The normalized spacial score (nSPS) is 15.8. The molecule has 4 atom stereocenters. The maximum atomic E-state index is 12.1. The number of amides is 2. The average molecular weight is 359 g/mol. The van der Waals surface area contributed by atoms with E-state index in [9.17, 15) is 19.5 Å². The molecule has 0 spiro atoms. The number of aromatic amines is 1. The molecule has 2 amide bonds. The van der Waals surface area contributed by atoms with Crippen LogP contribution in [0.3, 0.4) is 0 Å². The Morgan fingerprint density at radius 3 is 2.50 bits per heavy atom. The van der Waals surface area contributed by atoms with Crippen molar-refractivity contribution in [3.8, 4) is 0 Å². The van der Waals surface area contributed by atoms with Crippen molar-refractivity contribution in [1.82, 2.24) is 20.6 Å². The average Bonchev–Trinajstić information content (AvgIpc) is 3.01. The number of nitrogens with one attached hydrogen (secondary N) is 3. The van der Waals surface area contributed by atoms with Crippen LogP contribution in [0.4, 0.5) is 0 Å². The van der Waals surface area contributed by atoms with E-state index in [1.54, 1.807) is 0 Å². The number of aliphatic hydroxyl groups excluding tert-OH is 1. The number of hydrogen-bond donors (Lipinski definition) is 7. The van der Waals surface area contributed by atoms with Crippen LogP contribution in [-0.2, 0) is 20.8 Å². The Kier molecular flexibility index (Phi) is 7.68. The topological polar surface area (TPSA) is 170 Å². The molecular weight excluding hydrogens is 338 g/mol. The monoisotopic (exact) mass is 359 g/mol. The Morgan fingerprint density at radius 1 is 1.38 bits per heavy atom. The van der Waals surface area contributed by atoms with E-state index in [2.05, 4.69) is 33.2 Å². The zero-order valence-electron chi connectivity index (χ0n) is 13.0. The molecule has 0 saturated carbocycles. The largest absolute Gasteiger partial charge is 0.480 e. The van der Waals surface area contributed by atoms with Gasteiger partial charge in [-0.3, -0.25) is 9.59 Å². The van der Waals surface area contributed by atoms with E-state index < -0.39 is 42.0 Å². The van der Waals surface area contributed by atoms with Crippen molar-refractivity contribution in [3.63, 3.8) is 0 Å². The molecule has 1 rings (SSSR count). The zero-order valence-corrected chi connectivity index (χ0v) is 13.9. The highest BCUT2D eigenvalue weighted by Crippen LogP contribution is 2.00. The number of nitrogens with two attached hydrogens (primary N) is 1. The summed E-state index contributed by atoms with van der Waals surface area (Å²) >= 11 is 3.83. The van der Waals surface area contributed by atoms with Crippen molar-refractivity contribution < 1.29 is 24.6 Å². The van der Waals surface area contributed by atoms with Crippen LogP contribution < -0.4 is 16.4 Å². The second-order valence-corrected chi connectivity index (χ2v) is 5.56. The number of H-pyrrole nitrogens is 1. The SMILES string of the molecule is C[C@@H](O)[C@H](NC(=O)[C@@H](N)Cc1cnc[nH]1)C(=O)N[C@@H](CS)C(=O)O. The minimum atomic E-state index is -1.34. The van der Waals surface area contributed by atoms with E-state index in [4.69, 9.17) is 10.8 Å². The Bertz CT molecular complexity index is 565. The summed E-state index contributed by atoms with van der Waals surface area (Å²) in [5, 5.41) is 23.1. The minimum absolute atomic E-state index is 0.138. The molecule has 0 radical (unpaired) electrons. The summed E-state index contributed by atoms with van der Waals surface area (Å²) in [6.45, 7) is 1.29. The van der Waals surface area contributed by atoms with Crippen LogP contribution in [-0.4, -0.2) is 67.9 Å². The van der Waals surface area contributed by atoms with E-state index >= 15 is 0 Å². The molecule has 1 aromatic rings. The number of aliphatic carboxylic acids is 1. The van der Waals surface area contributed by atoms with Gasteiger partial charge in [0.05, 0.1) is 18.5 Å². The zero-order chi connectivity index (χ0) is 18.3. The van der Waals surface area contributed by atoms with Crippen molar-refractivity contribution in [1.29, 1.82) is 0 Å². The molecule has 11 heteroatoms. The molecule has 0 unspecified atom stereocenters. The number of imidazole rings is 1. The molecule has 1 aromatic heterocycles. The summed E-state index contributed by atoms with van der Waals surface area (Å²) < 4.78 is 0. The molecule has 134 valence electrons. The highest BCUT2D eigenvalue weighted by Gasteiger charge is 2.30. The lowest BCUT2D eigenvalue weighted by Crippen LogP contribution is -2.58. The molecule has 7 N–H and O–H groups in total. The second kappa shape index (κ2) is 9.25. The molecule has 24 heavy (non-hydrogen) atoms. The third kappa shape index (κ3) is 5.83. The second-order valence-electron chi connectivity index (χ2n) is 5.20. The summed E-state index contributed by atoms with van der Waals surface area (Å²) in [5.41, 5.74) is 6.39. The summed E-state index contributed by atoms with van der Waals surface area (Å²) in [6.07, 6.45) is 1.86. The van der Waals surface area contributed by atoms with Gasteiger partial charge in [0.2, 0.25) is 11.8 Å². The first-order valence-electron chi connectivity index (χ1n) is 7.11. The van der Waals surface area contributed by atoms with Gasteiger partial charge >= 0.3 is 5.97 Å². The molecule has 0 aromatic carbocycles. The van der Waals surface area contributed by atoms with E-state index in [0.29, 0.717) is 5.69 Å². The maximum Gasteiger partial charge on any atom is 0.327 e. The van der Waals surface area contributed by atoms with Crippen LogP contribution in [0.2, 0.25) is 0 Å². The molecule has 0 aliphatic rings.